The van der Waals surface area contributed by atoms with Gasteiger partial charge in [0, 0.05) is 11.8 Å². The van der Waals surface area contributed by atoms with Crippen LogP contribution in [0.25, 0.3) is 0 Å². The number of nitrogens with zero attached hydrogens (tertiary/aromatic N) is 2. The molecule has 1 aromatic heterocycles. The number of nitrogens with two attached hydrogens (primary N) is 1. The lowest BCUT2D eigenvalue weighted by atomic mass is 10.1. The number of pyridine rings is 1. The molecule has 0 aliphatic rings. The largest absolute Gasteiger partial charge is 0.384 e. The van der Waals surface area contributed by atoms with Crippen LogP contribution >= 0.6 is 0 Å². The van der Waals surface area contributed by atoms with Crippen LogP contribution in [0.15, 0.2) is 79.1 Å². The van der Waals surface area contributed by atoms with Gasteiger partial charge in [-0.15, -0.1) is 0 Å². The van der Waals surface area contributed by atoms with Crippen LogP contribution in [0.3, 0.4) is 0 Å². The zero-order valence-electron chi connectivity index (χ0n) is 13.4. The average Bonchev–Trinajstić information content (AvgIpc) is 2.64. The summed E-state index contributed by atoms with van der Waals surface area (Å²) in [6.07, 6.45) is 3.22. The number of nitrogens with one attached hydrogen (secondary N) is 2. The number of para-hydroxylation sites is 1. The third-order valence-corrected chi connectivity index (χ3v) is 3.55. The minimum atomic E-state index is -0.333. The van der Waals surface area contributed by atoms with Crippen LogP contribution in [0.4, 0.5) is 21.9 Å². The molecule has 0 saturated heterocycles. The van der Waals surface area contributed by atoms with Crippen molar-refractivity contribution in [1.29, 1.82) is 5.41 Å². The number of anilines is 3. The number of urea groups is 1. The second-order valence-corrected chi connectivity index (χ2v) is 5.31. The molecule has 0 aliphatic heterocycles. The van der Waals surface area contributed by atoms with Crippen LogP contribution in [0.5, 0.6) is 0 Å². The predicted octanol–water partition coefficient (Wildman–Crippen LogP) is 3.74. The SMILES string of the molecule is N=C(N)c1cccc(N(C(=O)Nc2cccnc2)c2ccccc2)c1. The van der Waals surface area contributed by atoms with E-state index in [-0.39, 0.29) is 11.9 Å². The Morgan fingerprint density at radius 3 is 2.44 bits per heavy atom. The molecule has 2 amide bonds. The molecule has 1 heterocycles. The van der Waals surface area contributed by atoms with E-state index < -0.39 is 0 Å². The molecule has 3 aromatic rings. The lowest BCUT2D eigenvalue weighted by molar-refractivity contribution is 0.259. The number of amidine groups is 1. The number of rotatable bonds is 4. The zero-order valence-corrected chi connectivity index (χ0v) is 13.4. The van der Waals surface area contributed by atoms with Crippen LogP contribution in [0, 0.1) is 5.41 Å². The van der Waals surface area contributed by atoms with Gasteiger partial charge in [0.15, 0.2) is 0 Å². The van der Waals surface area contributed by atoms with Gasteiger partial charge in [-0.25, -0.2) is 4.79 Å². The molecule has 0 fully saturated rings. The standard InChI is InChI=1S/C19H17N5O/c20-18(21)14-6-4-10-17(12-14)24(16-8-2-1-3-9-16)19(25)23-15-7-5-11-22-13-15/h1-13H,(H3,20,21)(H,23,25). The van der Waals surface area contributed by atoms with Crippen LogP contribution in [0.2, 0.25) is 0 Å². The summed E-state index contributed by atoms with van der Waals surface area (Å²) in [4.78, 5) is 18.4. The van der Waals surface area contributed by atoms with E-state index in [9.17, 15) is 4.79 Å². The third kappa shape index (κ3) is 3.81. The Morgan fingerprint density at radius 2 is 1.76 bits per heavy atom. The highest BCUT2D eigenvalue weighted by molar-refractivity contribution is 6.07. The summed E-state index contributed by atoms with van der Waals surface area (Å²) in [5.74, 6) is -0.0532. The Bertz CT molecular complexity index is 881. The minimum Gasteiger partial charge on any atom is -0.384 e. The fourth-order valence-electron chi connectivity index (χ4n) is 2.39. The lowest BCUT2D eigenvalue weighted by Crippen LogP contribution is -2.31. The molecule has 0 unspecified atom stereocenters. The highest BCUT2D eigenvalue weighted by atomic mass is 16.2. The molecule has 4 N–H and O–H groups in total. The van der Waals surface area contributed by atoms with Crippen molar-refractivity contribution in [2.24, 2.45) is 5.73 Å². The van der Waals surface area contributed by atoms with Crippen LogP contribution in [0.1, 0.15) is 5.56 Å². The van der Waals surface area contributed by atoms with Crippen molar-refractivity contribution < 1.29 is 4.79 Å². The van der Waals surface area contributed by atoms with E-state index in [1.807, 2.05) is 30.3 Å². The van der Waals surface area contributed by atoms with E-state index in [2.05, 4.69) is 10.3 Å². The first-order chi connectivity index (χ1) is 12.1. The van der Waals surface area contributed by atoms with E-state index in [1.165, 1.54) is 4.90 Å². The number of carbonyl (C=O) groups is 1. The monoisotopic (exact) mass is 331 g/mol. The number of hydrogen-bond acceptors (Lipinski definition) is 3. The van der Waals surface area contributed by atoms with Gasteiger partial charge < -0.3 is 11.1 Å². The third-order valence-electron chi connectivity index (χ3n) is 3.55. The Hall–Kier alpha value is -3.67. The maximum absolute atomic E-state index is 12.9. The lowest BCUT2D eigenvalue weighted by Gasteiger charge is -2.24. The van der Waals surface area contributed by atoms with Crippen LogP contribution in [-0.4, -0.2) is 16.9 Å². The molecule has 0 spiro atoms. The maximum atomic E-state index is 12.9. The highest BCUT2D eigenvalue weighted by Gasteiger charge is 2.18. The molecule has 0 bridgehead atoms. The Labute approximate surface area is 145 Å². The summed E-state index contributed by atoms with van der Waals surface area (Å²) < 4.78 is 0. The zero-order chi connectivity index (χ0) is 17.6. The first kappa shape index (κ1) is 16.2. The molecule has 0 aliphatic carbocycles. The van der Waals surface area contributed by atoms with Gasteiger partial charge in [-0.3, -0.25) is 15.3 Å². The van der Waals surface area contributed by atoms with Gasteiger partial charge in [-0.05, 0) is 36.4 Å². The Balaban J connectivity index is 2.00. The second-order valence-electron chi connectivity index (χ2n) is 5.31. The van der Waals surface area contributed by atoms with E-state index in [1.54, 1.807) is 48.8 Å². The fraction of sp³-hybridized carbons (Fsp3) is 0. The average molecular weight is 331 g/mol. The first-order valence-electron chi connectivity index (χ1n) is 7.66. The van der Waals surface area contributed by atoms with E-state index in [0.717, 1.165) is 0 Å². The van der Waals surface area contributed by atoms with Crippen LogP contribution in [-0.2, 0) is 0 Å². The van der Waals surface area contributed by atoms with Gasteiger partial charge in [0.2, 0.25) is 0 Å². The molecule has 0 radical (unpaired) electrons. The fourth-order valence-corrected chi connectivity index (χ4v) is 2.39. The van der Waals surface area contributed by atoms with E-state index in [0.29, 0.717) is 22.6 Å². The summed E-state index contributed by atoms with van der Waals surface area (Å²) in [5.41, 5.74) is 8.03. The number of carbonyl (C=O) groups excluding carboxylic acids is 1. The molecule has 0 saturated carbocycles. The molecule has 2 aromatic carbocycles. The first-order valence-corrected chi connectivity index (χ1v) is 7.66. The smallest absolute Gasteiger partial charge is 0.330 e. The van der Waals surface area contributed by atoms with E-state index in [4.69, 9.17) is 11.1 Å². The van der Waals surface area contributed by atoms with Gasteiger partial charge in [-0.1, -0.05) is 30.3 Å². The topological polar surface area (TPSA) is 95.1 Å². The summed E-state index contributed by atoms with van der Waals surface area (Å²) in [6.45, 7) is 0. The quantitative estimate of drug-likeness (QED) is 0.502. The highest BCUT2D eigenvalue weighted by Crippen LogP contribution is 2.27. The van der Waals surface area contributed by atoms with Gasteiger partial charge in [0.1, 0.15) is 5.84 Å². The van der Waals surface area contributed by atoms with Crippen molar-refractivity contribution in [2.75, 3.05) is 10.2 Å². The van der Waals surface area contributed by atoms with Crippen LogP contribution < -0.4 is 16.0 Å². The summed E-state index contributed by atoms with van der Waals surface area (Å²) in [6, 6.07) is 19.4. The predicted molar refractivity (Wildman–Crippen MR) is 99.3 cm³/mol. The van der Waals surface area contributed by atoms with Gasteiger partial charge >= 0.3 is 6.03 Å². The second kappa shape index (κ2) is 7.27. The maximum Gasteiger partial charge on any atom is 0.330 e. The minimum absolute atomic E-state index is 0.0532. The Morgan fingerprint density at radius 1 is 1.00 bits per heavy atom. The van der Waals surface area contributed by atoms with Crippen molar-refractivity contribution in [3.8, 4) is 0 Å². The number of amides is 2. The summed E-state index contributed by atoms with van der Waals surface area (Å²) in [7, 11) is 0. The summed E-state index contributed by atoms with van der Waals surface area (Å²) in [5, 5.41) is 10.4. The number of hydrogen-bond donors (Lipinski definition) is 3. The molecule has 6 nitrogen and oxygen atoms in total. The Kier molecular flexibility index (Phi) is 4.71. The molecule has 25 heavy (non-hydrogen) atoms. The molecule has 3 rings (SSSR count). The molecule has 124 valence electrons. The normalized spacial score (nSPS) is 10.1. The number of nitrogen functional groups attached to an aromatic ring is 1. The van der Waals surface area contributed by atoms with E-state index >= 15 is 0 Å². The van der Waals surface area contributed by atoms with Crippen molar-refractivity contribution in [2.45, 2.75) is 0 Å². The van der Waals surface area contributed by atoms with Gasteiger partial charge in [0.05, 0.1) is 23.3 Å². The van der Waals surface area contributed by atoms with Gasteiger partial charge in [-0.2, -0.15) is 0 Å². The molecular weight excluding hydrogens is 314 g/mol. The molecular formula is C19H17N5O. The summed E-state index contributed by atoms with van der Waals surface area (Å²) >= 11 is 0. The van der Waals surface area contributed by atoms with Crippen molar-refractivity contribution >= 4 is 28.9 Å². The molecule has 0 atom stereocenters. The van der Waals surface area contributed by atoms with Crippen molar-refractivity contribution in [3.05, 3.63) is 84.7 Å². The molecule has 6 heteroatoms. The van der Waals surface area contributed by atoms with Crippen molar-refractivity contribution in [1.82, 2.24) is 4.98 Å². The van der Waals surface area contributed by atoms with Crippen molar-refractivity contribution in [3.63, 3.8) is 0 Å². The number of benzene rings is 2. The van der Waals surface area contributed by atoms with Gasteiger partial charge in [0.25, 0.3) is 0 Å². The number of aromatic nitrogens is 1.